The van der Waals surface area contributed by atoms with Crippen LogP contribution in [0.15, 0.2) is 30.3 Å². The van der Waals surface area contributed by atoms with Gasteiger partial charge in [-0.2, -0.15) is 0 Å². The van der Waals surface area contributed by atoms with Gasteiger partial charge < -0.3 is 10.4 Å². The van der Waals surface area contributed by atoms with E-state index in [1.54, 1.807) is 6.07 Å². The van der Waals surface area contributed by atoms with Gasteiger partial charge in [-0.15, -0.1) is 0 Å². The minimum atomic E-state index is -0.877. The molecule has 1 atom stereocenters. The molecule has 1 heterocycles. The van der Waals surface area contributed by atoms with Crippen LogP contribution in [0.5, 0.6) is 0 Å². The van der Waals surface area contributed by atoms with E-state index in [1.165, 1.54) is 0 Å². The third-order valence-corrected chi connectivity index (χ3v) is 3.58. The SMILES string of the molecule is CCCC(CNC(=O)c1cc(C)nc2ccccc12)C(=O)O. The number of amides is 1. The molecule has 0 aliphatic heterocycles. The molecular weight excluding hydrogens is 280 g/mol. The zero-order valence-electron chi connectivity index (χ0n) is 12.8. The number of carboxylic acids is 1. The molecule has 1 aromatic carbocycles. The number of benzene rings is 1. The number of hydrogen-bond donors (Lipinski definition) is 2. The monoisotopic (exact) mass is 300 g/mol. The Morgan fingerprint density at radius 3 is 2.73 bits per heavy atom. The maximum atomic E-state index is 12.4. The second-order valence-corrected chi connectivity index (χ2v) is 5.36. The highest BCUT2D eigenvalue weighted by molar-refractivity contribution is 6.06. The maximum Gasteiger partial charge on any atom is 0.308 e. The number of aromatic nitrogens is 1. The van der Waals surface area contributed by atoms with Gasteiger partial charge in [-0.3, -0.25) is 14.6 Å². The van der Waals surface area contributed by atoms with E-state index in [1.807, 2.05) is 38.1 Å². The topological polar surface area (TPSA) is 79.3 Å². The highest BCUT2D eigenvalue weighted by Crippen LogP contribution is 2.18. The first kappa shape index (κ1) is 15.9. The number of fused-ring (bicyclic) bond motifs is 1. The Morgan fingerprint density at radius 2 is 2.05 bits per heavy atom. The van der Waals surface area contributed by atoms with Gasteiger partial charge in [-0.1, -0.05) is 31.5 Å². The number of rotatable bonds is 6. The van der Waals surface area contributed by atoms with Crippen LogP contribution in [-0.2, 0) is 4.79 Å². The second kappa shape index (κ2) is 7.02. The van der Waals surface area contributed by atoms with Crippen molar-refractivity contribution < 1.29 is 14.7 Å². The van der Waals surface area contributed by atoms with E-state index in [-0.39, 0.29) is 12.5 Å². The third-order valence-electron chi connectivity index (χ3n) is 3.58. The summed E-state index contributed by atoms with van der Waals surface area (Å²) in [5.74, 6) is -1.69. The molecule has 2 N–H and O–H groups in total. The number of carbonyl (C=O) groups is 2. The molecule has 1 aromatic heterocycles. The molecule has 0 bridgehead atoms. The molecule has 5 heteroatoms. The molecule has 0 radical (unpaired) electrons. The van der Waals surface area contributed by atoms with Crippen LogP contribution in [0.2, 0.25) is 0 Å². The first-order valence-electron chi connectivity index (χ1n) is 7.40. The Bertz CT molecular complexity index is 697. The number of nitrogens with zero attached hydrogens (tertiary/aromatic N) is 1. The molecule has 0 aliphatic rings. The van der Waals surface area contributed by atoms with Crippen molar-refractivity contribution in [1.29, 1.82) is 0 Å². The smallest absolute Gasteiger partial charge is 0.308 e. The molecule has 5 nitrogen and oxygen atoms in total. The first-order valence-corrected chi connectivity index (χ1v) is 7.40. The van der Waals surface area contributed by atoms with Crippen molar-refractivity contribution in [3.8, 4) is 0 Å². The highest BCUT2D eigenvalue weighted by Gasteiger charge is 2.18. The van der Waals surface area contributed by atoms with Gasteiger partial charge in [0.15, 0.2) is 0 Å². The molecule has 0 fully saturated rings. The number of aryl methyl sites for hydroxylation is 1. The highest BCUT2D eigenvalue weighted by atomic mass is 16.4. The molecule has 1 amide bonds. The molecule has 1 unspecified atom stereocenters. The summed E-state index contributed by atoms with van der Waals surface area (Å²) in [6.45, 7) is 3.90. The van der Waals surface area contributed by atoms with Crippen LogP contribution < -0.4 is 5.32 Å². The Kier molecular flexibility index (Phi) is 5.09. The van der Waals surface area contributed by atoms with E-state index in [4.69, 9.17) is 5.11 Å². The lowest BCUT2D eigenvalue weighted by Gasteiger charge is -2.13. The van der Waals surface area contributed by atoms with E-state index >= 15 is 0 Å². The van der Waals surface area contributed by atoms with Gasteiger partial charge in [0.05, 0.1) is 17.0 Å². The van der Waals surface area contributed by atoms with Crippen LogP contribution in [0, 0.1) is 12.8 Å². The van der Waals surface area contributed by atoms with Crippen molar-refractivity contribution in [3.63, 3.8) is 0 Å². The summed E-state index contributed by atoms with van der Waals surface area (Å²) in [7, 11) is 0. The standard InChI is InChI=1S/C17H20N2O3/c1-3-6-12(17(21)22)10-18-16(20)14-9-11(2)19-15-8-5-4-7-13(14)15/h4-5,7-9,12H,3,6,10H2,1-2H3,(H,18,20)(H,21,22). The number of aliphatic carboxylic acids is 1. The molecule has 2 aromatic rings. The number of nitrogens with one attached hydrogen (secondary N) is 1. The molecule has 0 saturated carbocycles. The maximum absolute atomic E-state index is 12.4. The molecule has 0 spiro atoms. The van der Waals surface area contributed by atoms with Gasteiger partial charge in [0.1, 0.15) is 0 Å². The summed E-state index contributed by atoms with van der Waals surface area (Å²) in [5.41, 5.74) is 2.05. The molecular formula is C17H20N2O3. The lowest BCUT2D eigenvalue weighted by atomic mass is 10.0. The van der Waals surface area contributed by atoms with Crippen LogP contribution in [-0.4, -0.2) is 28.5 Å². The van der Waals surface area contributed by atoms with Crippen molar-refractivity contribution in [2.24, 2.45) is 5.92 Å². The van der Waals surface area contributed by atoms with Gasteiger partial charge in [-0.05, 0) is 25.5 Å². The van der Waals surface area contributed by atoms with Crippen molar-refractivity contribution in [3.05, 3.63) is 41.6 Å². The second-order valence-electron chi connectivity index (χ2n) is 5.36. The van der Waals surface area contributed by atoms with Gasteiger partial charge in [0, 0.05) is 17.6 Å². The van der Waals surface area contributed by atoms with Crippen LogP contribution in [0.4, 0.5) is 0 Å². The fourth-order valence-electron chi connectivity index (χ4n) is 2.47. The first-order chi connectivity index (χ1) is 10.5. The molecule has 0 aliphatic carbocycles. The zero-order chi connectivity index (χ0) is 16.1. The zero-order valence-corrected chi connectivity index (χ0v) is 12.8. The molecule has 0 saturated heterocycles. The van der Waals surface area contributed by atoms with Crippen LogP contribution in [0.1, 0.15) is 35.8 Å². The number of para-hydroxylation sites is 1. The van der Waals surface area contributed by atoms with Crippen molar-refractivity contribution in [2.75, 3.05) is 6.54 Å². The van der Waals surface area contributed by atoms with Gasteiger partial charge in [-0.25, -0.2) is 0 Å². The predicted octanol–water partition coefficient (Wildman–Crippen LogP) is 2.77. The Labute approximate surface area is 129 Å². The number of hydrogen-bond acceptors (Lipinski definition) is 3. The van der Waals surface area contributed by atoms with E-state index < -0.39 is 11.9 Å². The summed E-state index contributed by atoms with van der Waals surface area (Å²) in [5, 5.41) is 12.7. The Hall–Kier alpha value is -2.43. The van der Waals surface area contributed by atoms with Crippen molar-refractivity contribution >= 4 is 22.8 Å². The molecule has 22 heavy (non-hydrogen) atoms. The normalized spacial score (nSPS) is 12.1. The molecule has 2 rings (SSSR count). The largest absolute Gasteiger partial charge is 0.481 e. The Balaban J connectivity index is 2.21. The van der Waals surface area contributed by atoms with E-state index in [0.717, 1.165) is 23.0 Å². The minimum absolute atomic E-state index is 0.137. The predicted molar refractivity (Wildman–Crippen MR) is 84.8 cm³/mol. The average Bonchev–Trinajstić information content (AvgIpc) is 2.49. The fraction of sp³-hybridized carbons (Fsp3) is 0.353. The fourth-order valence-corrected chi connectivity index (χ4v) is 2.47. The number of carboxylic acid groups (broad SMARTS) is 1. The van der Waals surface area contributed by atoms with Crippen LogP contribution in [0.3, 0.4) is 0 Å². The quantitative estimate of drug-likeness (QED) is 0.859. The van der Waals surface area contributed by atoms with Gasteiger partial charge >= 0.3 is 5.97 Å². The van der Waals surface area contributed by atoms with Gasteiger partial charge in [0.2, 0.25) is 0 Å². The summed E-state index contributed by atoms with van der Waals surface area (Å²) in [4.78, 5) is 28.0. The lowest BCUT2D eigenvalue weighted by molar-refractivity contribution is -0.141. The van der Waals surface area contributed by atoms with Crippen molar-refractivity contribution in [2.45, 2.75) is 26.7 Å². The van der Waals surface area contributed by atoms with E-state index in [9.17, 15) is 9.59 Å². The van der Waals surface area contributed by atoms with Crippen molar-refractivity contribution in [1.82, 2.24) is 10.3 Å². The van der Waals surface area contributed by atoms with E-state index in [0.29, 0.717) is 12.0 Å². The lowest BCUT2D eigenvalue weighted by Crippen LogP contribution is -2.33. The van der Waals surface area contributed by atoms with E-state index in [2.05, 4.69) is 10.3 Å². The summed E-state index contributed by atoms with van der Waals surface area (Å²) in [6, 6.07) is 9.16. The number of pyridine rings is 1. The minimum Gasteiger partial charge on any atom is -0.481 e. The van der Waals surface area contributed by atoms with Crippen LogP contribution >= 0.6 is 0 Å². The average molecular weight is 300 g/mol. The number of carbonyl (C=O) groups excluding carboxylic acids is 1. The van der Waals surface area contributed by atoms with Crippen LogP contribution in [0.25, 0.3) is 10.9 Å². The summed E-state index contributed by atoms with van der Waals surface area (Å²) >= 11 is 0. The summed E-state index contributed by atoms with van der Waals surface area (Å²) in [6.07, 6.45) is 1.32. The van der Waals surface area contributed by atoms with Gasteiger partial charge in [0.25, 0.3) is 5.91 Å². The molecule has 116 valence electrons. The summed E-state index contributed by atoms with van der Waals surface area (Å²) < 4.78 is 0. The third kappa shape index (κ3) is 3.61. The Morgan fingerprint density at radius 1 is 1.32 bits per heavy atom.